The van der Waals surface area contributed by atoms with Gasteiger partial charge in [0.1, 0.15) is 0 Å². The van der Waals surface area contributed by atoms with E-state index in [0.717, 1.165) is 11.8 Å². The predicted molar refractivity (Wildman–Crippen MR) is 71.7 cm³/mol. The normalized spacial score (nSPS) is 15.1. The Bertz CT molecular complexity index is 573. The molecule has 0 N–H and O–H groups in total. The van der Waals surface area contributed by atoms with Crippen molar-refractivity contribution in [3.8, 4) is 11.1 Å². The van der Waals surface area contributed by atoms with Crippen LogP contribution in [0.3, 0.4) is 0 Å². The summed E-state index contributed by atoms with van der Waals surface area (Å²) in [5.74, 6) is 0.682. The quantitative estimate of drug-likeness (QED) is 0.759. The number of rotatable bonds is 3. The molecule has 18 heavy (non-hydrogen) atoms. The number of carbonyl (C=O) groups is 1. The summed E-state index contributed by atoms with van der Waals surface area (Å²) in [6.07, 6.45) is 8.16. The van der Waals surface area contributed by atoms with Crippen LogP contribution in [-0.4, -0.2) is 11.3 Å². The minimum absolute atomic E-state index is 0.635. The smallest absolute Gasteiger partial charge is 0.151 e. The lowest BCUT2D eigenvalue weighted by Crippen LogP contribution is -2.09. The summed E-state index contributed by atoms with van der Waals surface area (Å²) < 4.78 is 0. The van der Waals surface area contributed by atoms with Crippen LogP contribution in [0.25, 0.3) is 11.1 Å². The van der Waals surface area contributed by atoms with E-state index in [1.807, 2.05) is 18.3 Å². The molecule has 1 fully saturated rings. The van der Waals surface area contributed by atoms with E-state index in [4.69, 9.17) is 0 Å². The molecular weight excluding hydrogens is 222 g/mol. The maximum Gasteiger partial charge on any atom is 0.151 e. The number of hydrogen-bond acceptors (Lipinski definition) is 2. The fourth-order valence-corrected chi connectivity index (χ4v) is 2.50. The van der Waals surface area contributed by atoms with Crippen molar-refractivity contribution in [1.29, 1.82) is 0 Å². The topological polar surface area (TPSA) is 30.0 Å². The van der Waals surface area contributed by atoms with Gasteiger partial charge in [-0.15, -0.1) is 0 Å². The highest BCUT2D eigenvalue weighted by atomic mass is 16.1. The number of benzene rings is 1. The molecule has 2 aromatic rings. The van der Waals surface area contributed by atoms with E-state index in [1.54, 1.807) is 6.20 Å². The molecular formula is C16H15NO. The average Bonchev–Trinajstić information content (AvgIpc) is 2.37. The molecule has 1 heterocycles. The summed E-state index contributed by atoms with van der Waals surface area (Å²) in [6, 6.07) is 10.4. The molecule has 0 saturated heterocycles. The van der Waals surface area contributed by atoms with Crippen LogP contribution in [0.5, 0.6) is 0 Å². The zero-order valence-corrected chi connectivity index (χ0v) is 10.2. The molecule has 90 valence electrons. The molecule has 1 aromatic carbocycles. The van der Waals surface area contributed by atoms with Gasteiger partial charge in [0.15, 0.2) is 6.29 Å². The van der Waals surface area contributed by atoms with Gasteiger partial charge < -0.3 is 0 Å². The number of aldehydes is 1. The molecule has 2 nitrogen and oxygen atoms in total. The van der Waals surface area contributed by atoms with E-state index in [2.05, 4.69) is 23.2 Å². The Balaban J connectivity index is 2.07. The lowest BCUT2D eigenvalue weighted by atomic mass is 9.77. The van der Waals surface area contributed by atoms with Gasteiger partial charge in [-0.1, -0.05) is 30.7 Å². The van der Waals surface area contributed by atoms with E-state index in [0.29, 0.717) is 11.5 Å². The molecule has 1 aliphatic carbocycles. The van der Waals surface area contributed by atoms with Crippen LogP contribution in [0.4, 0.5) is 0 Å². The number of nitrogens with zero attached hydrogens (tertiary/aromatic N) is 1. The molecule has 1 saturated carbocycles. The summed E-state index contributed by atoms with van der Waals surface area (Å²) in [5, 5.41) is 0. The largest absolute Gasteiger partial charge is 0.298 e. The van der Waals surface area contributed by atoms with Gasteiger partial charge in [-0.3, -0.25) is 9.78 Å². The highest BCUT2D eigenvalue weighted by Crippen LogP contribution is 2.40. The summed E-state index contributed by atoms with van der Waals surface area (Å²) in [6.45, 7) is 0. The van der Waals surface area contributed by atoms with Crippen molar-refractivity contribution in [2.75, 3.05) is 0 Å². The van der Waals surface area contributed by atoms with Crippen LogP contribution in [0.2, 0.25) is 0 Å². The Labute approximate surface area is 107 Å². The lowest BCUT2D eigenvalue weighted by molar-refractivity contribution is 0.112. The monoisotopic (exact) mass is 237 g/mol. The second-order valence-electron chi connectivity index (χ2n) is 4.84. The second kappa shape index (κ2) is 4.73. The van der Waals surface area contributed by atoms with Crippen LogP contribution < -0.4 is 0 Å². The van der Waals surface area contributed by atoms with E-state index < -0.39 is 0 Å². The van der Waals surface area contributed by atoms with Gasteiger partial charge in [-0.25, -0.2) is 0 Å². The first kappa shape index (κ1) is 11.1. The SMILES string of the molecule is O=Cc1cncc(-c2ccccc2C2CCC2)c1. The first-order valence-corrected chi connectivity index (χ1v) is 6.38. The van der Waals surface area contributed by atoms with Crippen molar-refractivity contribution in [1.82, 2.24) is 4.98 Å². The molecule has 3 rings (SSSR count). The van der Waals surface area contributed by atoms with Crippen molar-refractivity contribution in [2.24, 2.45) is 0 Å². The Morgan fingerprint density at radius 2 is 2.00 bits per heavy atom. The predicted octanol–water partition coefficient (Wildman–Crippen LogP) is 3.83. The number of pyridine rings is 1. The van der Waals surface area contributed by atoms with Crippen LogP contribution >= 0.6 is 0 Å². The van der Waals surface area contributed by atoms with Gasteiger partial charge in [-0.05, 0) is 36.0 Å². The summed E-state index contributed by atoms with van der Waals surface area (Å²) >= 11 is 0. The van der Waals surface area contributed by atoms with Crippen molar-refractivity contribution in [2.45, 2.75) is 25.2 Å². The Morgan fingerprint density at radius 1 is 1.17 bits per heavy atom. The van der Waals surface area contributed by atoms with Gasteiger partial charge in [-0.2, -0.15) is 0 Å². The first-order valence-electron chi connectivity index (χ1n) is 6.38. The molecule has 0 bridgehead atoms. The maximum absolute atomic E-state index is 10.8. The highest BCUT2D eigenvalue weighted by molar-refractivity contribution is 5.78. The van der Waals surface area contributed by atoms with Crippen LogP contribution in [0.15, 0.2) is 42.7 Å². The standard InChI is InChI=1S/C16H15NO/c18-11-12-8-14(10-17-9-12)16-7-2-1-6-15(16)13-4-3-5-13/h1-2,6-11,13H,3-5H2. The summed E-state index contributed by atoms with van der Waals surface area (Å²) in [4.78, 5) is 15.0. The van der Waals surface area contributed by atoms with E-state index in [-0.39, 0.29) is 0 Å². The fraction of sp³-hybridized carbons (Fsp3) is 0.250. The second-order valence-corrected chi connectivity index (χ2v) is 4.84. The minimum atomic E-state index is 0.635. The molecule has 0 spiro atoms. The first-order chi connectivity index (χ1) is 8.88. The van der Waals surface area contributed by atoms with Gasteiger partial charge in [0.05, 0.1) is 0 Å². The molecule has 0 amide bonds. The van der Waals surface area contributed by atoms with Crippen LogP contribution in [0.1, 0.15) is 41.1 Å². The molecule has 0 aliphatic heterocycles. The molecule has 0 atom stereocenters. The van der Waals surface area contributed by atoms with E-state index in [9.17, 15) is 4.79 Å². The molecule has 1 aliphatic rings. The lowest BCUT2D eigenvalue weighted by Gasteiger charge is -2.28. The number of carbonyl (C=O) groups excluding carboxylic acids is 1. The molecule has 0 radical (unpaired) electrons. The molecule has 2 heteroatoms. The fourth-order valence-electron chi connectivity index (χ4n) is 2.50. The Morgan fingerprint density at radius 3 is 2.72 bits per heavy atom. The Hall–Kier alpha value is -1.96. The zero-order chi connectivity index (χ0) is 12.4. The number of hydrogen-bond donors (Lipinski definition) is 0. The molecule has 1 aromatic heterocycles. The molecule has 0 unspecified atom stereocenters. The Kier molecular flexibility index (Phi) is 2.93. The minimum Gasteiger partial charge on any atom is -0.298 e. The number of aromatic nitrogens is 1. The average molecular weight is 237 g/mol. The van der Waals surface area contributed by atoms with Crippen molar-refractivity contribution in [3.63, 3.8) is 0 Å². The van der Waals surface area contributed by atoms with E-state index in [1.165, 1.54) is 30.4 Å². The van der Waals surface area contributed by atoms with Gasteiger partial charge in [0.2, 0.25) is 0 Å². The maximum atomic E-state index is 10.8. The van der Waals surface area contributed by atoms with E-state index >= 15 is 0 Å². The highest BCUT2D eigenvalue weighted by Gasteiger charge is 2.22. The van der Waals surface area contributed by atoms with Crippen molar-refractivity contribution in [3.05, 3.63) is 53.9 Å². The van der Waals surface area contributed by atoms with Crippen molar-refractivity contribution < 1.29 is 4.79 Å². The van der Waals surface area contributed by atoms with Crippen molar-refractivity contribution >= 4 is 6.29 Å². The van der Waals surface area contributed by atoms with Crippen LogP contribution in [0, 0.1) is 0 Å². The van der Waals surface area contributed by atoms with Gasteiger partial charge in [0, 0.05) is 23.5 Å². The third-order valence-electron chi connectivity index (χ3n) is 3.71. The zero-order valence-electron chi connectivity index (χ0n) is 10.2. The summed E-state index contributed by atoms with van der Waals surface area (Å²) in [7, 11) is 0. The third kappa shape index (κ3) is 1.94. The van der Waals surface area contributed by atoms with Crippen LogP contribution in [-0.2, 0) is 0 Å². The summed E-state index contributed by atoms with van der Waals surface area (Å²) in [5.41, 5.74) is 4.30. The van der Waals surface area contributed by atoms with Gasteiger partial charge >= 0.3 is 0 Å². The third-order valence-corrected chi connectivity index (χ3v) is 3.71. The van der Waals surface area contributed by atoms with Gasteiger partial charge in [0.25, 0.3) is 0 Å².